The zero-order chi connectivity index (χ0) is 43.5. The molecule has 0 aliphatic carbocycles. The van der Waals surface area contributed by atoms with Crippen LogP contribution in [0.1, 0.15) is 9.68 Å². The molecule has 3 heterocycles. The Kier molecular flexibility index (Phi) is 10.6. The predicted octanol–water partition coefficient (Wildman–Crippen LogP) is 14.8. The van der Waals surface area contributed by atoms with E-state index in [0.717, 1.165) is 83.7 Å². The van der Waals surface area contributed by atoms with E-state index in [9.17, 15) is 0 Å². The Bertz CT molecular complexity index is 3280. The van der Waals surface area contributed by atoms with Gasteiger partial charge in [-0.2, -0.15) is 0 Å². The van der Waals surface area contributed by atoms with E-state index in [1.54, 1.807) is 18.2 Å². The van der Waals surface area contributed by atoms with E-state index in [1.165, 1.54) is 17.3 Å². The first-order valence-corrected chi connectivity index (χ1v) is 20.1. The van der Waals surface area contributed by atoms with Crippen molar-refractivity contribution in [3.8, 4) is 72.8 Å². The number of hydrogen-bond donors (Lipinski definition) is 0. The van der Waals surface area contributed by atoms with Crippen molar-refractivity contribution in [2.45, 2.75) is 6.85 Å². The fraction of sp³-hybridized carbons (Fsp3) is 0.0175. The van der Waals surface area contributed by atoms with Crippen LogP contribution in [0.4, 0.5) is 0 Å². The van der Waals surface area contributed by atoms with Gasteiger partial charge in [0, 0.05) is 53.4 Å². The molecule has 0 saturated heterocycles. The van der Waals surface area contributed by atoms with Crippen molar-refractivity contribution in [3.05, 3.63) is 236 Å². The first-order chi connectivity index (χ1) is 31.4. The van der Waals surface area contributed by atoms with Crippen LogP contribution < -0.4 is 0 Å². The van der Waals surface area contributed by atoms with E-state index in [1.807, 2.05) is 36.4 Å². The molecular formula is C57H39IrN3O-2. The Balaban J connectivity index is 0.000000266. The fourth-order valence-corrected chi connectivity index (χ4v) is 7.82. The molecule has 5 heteroatoms. The normalized spacial score (nSPS) is 11.8. The summed E-state index contributed by atoms with van der Waals surface area (Å²) in [6.07, 6.45) is 4.66. The van der Waals surface area contributed by atoms with Crippen LogP contribution in [-0.4, -0.2) is 14.5 Å². The molecule has 11 aromatic rings. The number of aromatic nitrogens is 3. The van der Waals surface area contributed by atoms with E-state index in [2.05, 4.69) is 180 Å². The van der Waals surface area contributed by atoms with Crippen LogP contribution in [0.3, 0.4) is 0 Å². The van der Waals surface area contributed by atoms with Crippen molar-refractivity contribution in [2.24, 2.45) is 0 Å². The number of furan rings is 1. The Hall–Kier alpha value is -7.43. The Morgan fingerprint density at radius 3 is 1.77 bits per heavy atom. The van der Waals surface area contributed by atoms with Crippen LogP contribution in [0, 0.1) is 19.2 Å². The summed E-state index contributed by atoms with van der Waals surface area (Å²) >= 11 is 0. The van der Waals surface area contributed by atoms with Gasteiger partial charge in [0.05, 0.1) is 22.5 Å². The molecule has 0 atom stereocenters. The zero-order valence-electron chi connectivity index (χ0n) is 36.4. The van der Waals surface area contributed by atoms with Crippen LogP contribution >= 0.6 is 0 Å². The second-order valence-electron chi connectivity index (χ2n) is 14.6. The standard InChI is InChI=1S/C45H29N2O.C12H10N.Ir/c1-4-13-31(14-5-1)32-23-25-33(26-24-32)36-27-28-43-39(29-36)40(30-48-43)45-46-41-21-10-11-22-42(41)47(45)44-37(34-15-6-2-7-16-34)19-12-20-38(44)35-17-8-3-9-18-35;1-10-7-8-12(13-9-10)11-5-3-2-4-6-11;/h1-29H;2-5,7-9H,1H3;/q2*-1;/i;1D3;. The van der Waals surface area contributed by atoms with Gasteiger partial charge in [0.25, 0.3) is 0 Å². The fourth-order valence-electron chi connectivity index (χ4n) is 7.82. The van der Waals surface area contributed by atoms with Crippen molar-refractivity contribution in [1.29, 1.82) is 0 Å². The molecule has 11 rings (SSSR count). The summed E-state index contributed by atoms with van der Waals surface area (Å²) in [5.41, 5.74) is 15.6. The van der Waals surface area contributed by atoms with Crippen LogP contribution in [0.2, 0.25) is 0 Å². The number of rotatable bonds is 7. The topological polar surface area (TPSA) is 43.9 Å². The summed E-state index contributed by atoms with van der Waals surface area (Å²) in [7, 11) is 0. The molecular weight excluding hydrogens is 935 g/mol. The van der Waals surface area contributed by atoms with Crippen molar-refractivity contribution < 1.29 is 28.6 Å². The number of para-hydroxylation sites is 3. The van der Waals surface area contributed by atoms with Gasteiger partial charge in [0.15, 0.2) is 0 Å². The SMILES string of the molecule is [2H]C([2H])([2H])c1ccc(-c2[c-]cccc2)nc1.[Ir].[c-]1oc2ccc(-c3ccc(-c4ccccc4)cc3)cc2c1-c1nc2ccccc2n1-c1c(-c2ccccc2)cccc1-c1ccccc1. The molecule has 0 unspecified atom stereocenters. The molecule has 0 fully saturated rings. The molecule has 1 radical (unpaired) electrons. The molecule has 0 N–H and O–H groups in total. The monoisotopic (exact) mass is 977 g/mol. The molecule has 299 valence electrons. The molecule has 0 bridgehead atoms. The second kappa shape index (κ2) is 18.0. The third-order valence-electron chi connectivity index (χ3n) is 10.8. The van der Waals surface area contributed by atoms with Gasteiger partial charge in [0.1, 0.15) is 0 Å². The molecule has 8 aromatic carbocycles. The summed E-state index contributed by atoms with van der Waals surface area (Å²) in [5.74, 6) is 0.784. The van der Waals surface area contributed by atoms with Crippen LogP contribution in [-0.2, 0) is 20.1 Å². The van der Waals surface area contributed by atoms with E-state index in [-0.39, 0.29) is 25.7 Å². The third-order valence-corrected chi connectivity index (χ3v) is 10.8. The minimum Gasteiger partial charge on any atom is -0.557 e. The summed E-state index contributed by atoms with van der Waals surface area (Å²) in [5, 5.41) is 0.967. The van der Waals surface area contributed by atoms with Gasteiger partial charge in [-0.1, -0.05) is 187 Å². The number of nitrogens with zero attached hydrogens (tertiary/aromatic N) is 3. The molecule has 62 heavy (non-hydrogen) atoms. The van der Waals surface area contributed by atoms with E-state index in [4.69, 9.17) is 13.5 Å². The predicted molar refractivity (Wildman–Crippen MR) is 250 cm³/mol. The smallest absolute Gasteiger partial charge is 0.0774 e. The minimum absolute atomic E-state index is 0. The quantitative estimate of drug-likeness (QED) is 0.150. The van der Waals surface area contributed by atoms with Gasteiger partial charge in [-0.05, 0) is 63.6 Å². The summed E-state index contributed by atoms with van der Waals surface area (Å²) < 4.78 is 30.1. The Morgan fingerprint density at radius 2 is 1.15 bits per heavy atom. The van der Waals surface area contributed by atoms with Crippen LogP contribution in [0.25, 0.3) is 94.8 Å². The van der Waals surface area contributed by atoms with Gasteiger partial charge in [-0.25, -0.2) is 0 Å². The number of aryl methyl sites for hydroxylation is 1. The number of benzene rings is 8. The number of imidazole rings is 1. The van der Waals surface area contributed by atoms with Gasteiger partial charge >= 0.3 is 0 Å². The first-order valence-electron chi connectivity index (χ1n) is 21.6. The molecule has 0 aliphatic rings. The molecule has 0 spiro atoms. The van der Waals surface area contributed by atoms with Gasteiger partial charge in [-0.3, -0.25) is 4.98 Å². The van der Waals surface area contributed by atoms with Crippen LogP contribution in [0.5, 0.6) is 0 Å². The van der Waals surface area contributed by atoms with Gasteiger partial charge in [-0.15, -0.1) is 35.9 Å². The number of hydrogen-bond acceptors (Lipinski definition) is 3. The molecule has 0 amide bonds. The Labute approximate surface area is 379 Å². The van der Waals surface area contributed by atoms with Crippen molar-refractivity contribution in [1.82, 2.24) is 14.5 Å². The second-order valence-corrected chi connectivity index (χ2v) is 14.6. The summed E-state index contributed by atoms with van der Waals surface area (Å²) in [4.78, 5) is 9.39. The molecule has 4 nitrogen and oxygen atoms in total. The van der Waals surface area contributed by atoms with Gasteiger partial charge in [0.2, 0.25) is 0 Å². The third kappa shape index (κ3) is 8.08. The maximum Gasteiger partial charge on any atom is 0.0774 e. The maximum absolute atomic E-state index is 7.23. The number of fused-ring (bicyclic) bond motifs is 2. The summed E-state index contributed by atoms with van der Waals surface area (Å²) in [6.45, 7) is -2.09. The molecule has 0 saturated carbocycles. The average Bonchev–Trinajstić information content (AvgIpc) is 3.96. The van der Waals surface area contributed by atoms with Crippen LogP contribution in [0.15, 0.2) is 223 Å². The van der Waals surface area contributed by atoms with E-state index >= 15 is 0 Å². The van der Waals surface area contributed by atoms with Crippen molar-refractivity contribution in [2.75, 3.05) is 0 Å². The van der Waals surface area contributed by atoms with E-state index < -0.39 is 6.85 Å². The van der Waals surface area contributed by atoms with Gasteiger partial charge < -0.3 is 14.0 Å². The number of pyridine rings is 1. The summed E-state index contributed by atoms with van der Waals surface area (Å²) in [6, 6.07) is 75.3. The maximum atomic E-state index is 7.23. The first kappa shape index (κ1) is 36.4. The molecule has 0 aliphatic heterocycles. The van der Waals surface area contributed by atoms with E-state index in [0.29, 0.717) is 0 Å². The average molecular weight is 977 g/mol. The Morgan fingerprint density at radius 1 is 0.548 bits per heavy atom. The zero-order valence-corrected chi connectivity index (χ0v) is 35.8. The largest absolute Gasteiger partial charge is 0.557 e. The van der Waals surface area contributed by atoms with Crippen molar-refractivity contribution in [3.63, 3.8) is 0 Å². The molecule has 3 aromatic heterocycles. The van der Waals surface area contributed by atoms with Crippen molar-refractivity contribution >= 4 is 22.0 Å². The minimum atomic E-state index is -2.09.